The number of rotatable bonds is 2. The van der Waals surface area contributed by atoms with Crippen molar-refractivity contribution >= 4 is 33.2 Å². The number of ether oxygens (including phenoxy) is 1. The molecule has 0 amide bonds. The molecular weight excluding hydrogens is 419 g/mol. The van der Waals surface area contributed by atoms with Crippen LogP contribution in [0.25, 0.3) is 5.57 Å². The molecule has 1 unspecified atom stereocenters. The van der Waals surface area contributed by atoms with Crippen molar-refractivity contribution < 1.29 is 22.3 Å². The lowest BCUT2D eigenvalue weighted by atomic mass is 9.87. The lowest BCUT2D eigenvalue weighted by molar-refractivity contribution is 0.0595. The fourth-order valence-electron chi connectivity index (χ4n) is 3.41. The lowest BCUT2D eigenvalue weighted by Crippen LogP contribution is -2.47. The van der Waals surface area contributed by atoms with Crippen LogP contribution in [0.5, 0.6) is 0 Å². The van der Waals surface area contributed by atoms with Crippen LogP contribution in [0.3, 0.4) is 0 Å². The summed E-state index contributed by atoms with van der Waals surface area (Å²) >= 11 is 6.45. The lowest BCUT2D eigenvalue weighted by Gasteiger charge is -2.29. The van der Waals surface area contributed by atoms with Gasteiger partial charge in [-0.25, -0.2) is 22.3 Å². The van der Waals surface area contributed by atoms with Crippen LogP contribution >= 0.6 is 11.6 Å². The molecule has 2 aliphatic rings. The van der Waals surface area contributed by atoms with E-state index in [1.807, 2.05) is 20.8 Å². The van der Waals surface area contributed by atoms with Crippen molar-refractivity contribution in [1.82, 2.24) is 10.0 Å². The molecule has 1 aliphatic heterocycles. The van der Waals surface area contributed by atoms with Crippen molar-refractivity contribution in [3.05, 3.63) is 51.9 Å². The Morgan fingerprint density at radius 2 is 2.00 bits per heavy atom. The average Bonchev–Trinajstić information content (AvgIpc) is 2.76. The Bertz CT molecular complexity index is 1010. The molecule has 1 fully saturated rings. The molecule has 2 N–H and O–H groups in total. The number of sulfonamides is 1. The van der Waals surface area contributed by atoms with Crippen LogP contribution in [0.2, 0.25) is 0 Å². The largest absolute Gasteiger partial charge is 0.465 e. The summed E-state index contributed by atoms with van der Waals surface area (Å²) in [6.45, 7) is 6.34. The van der Waals surface area contributed by atoms with Gasteiger partial charge in [-0.1, -0.05) is 38.4 Å². The summed E-state index contributed by atoms with van der Waals surface area (Å²) in [4.78, 5) is 11.8. The van der Waals surface area contributed by atoms with Gasteiger partial charge in [-0.2, -0.15) is 0 Å². The second-order valence-corrected chi connectivity index (χ2v) is 10.6. The zero-order valence-electron chi connectivity index (χ0n) is 16.7. The van der Waals surface area contributed by atoms with E-state index in [0.717, 1.165) is 13.2 Å². The van der Waals surface area contributed by atoms with Crippen molar-refractivity contribution in [2.24, 2.45) is 5.41 Å². The molecule has 1 aromatic rings. The molecule has 0 spiro atoms. The van der Waals surface area contributed by atoms with Crippen LogP contribution in [-0.2, 0) is 14.8 Å². The van der Waals surface area contributed by atoms with Crippen molar-refractivity contribution in [1.29, 1.82) is 0 Å². The second kappa shape index (κ2) is 7.74. The van der Waals surface area contributed by atoms with Gasteiger partial charge in [-0.05, 0) is 41.2 Å². The van der Waals surface area contributed by atoms with Crippen molar-refractivity contribution in [2.75, 3.05) is 13.7 Å². The number of halogens is 2. The third-order valence-electron chi connectivity index (χ3n) is 5.26. The second-order valence-electron chi connectivity index (χ2n) is 8.27. The van der Waals surface area contributed by atoms with E-state index in [1.165, 1.54) is 12.1 Å². The molecule has 0 bridgehead atoms. The minimum atomic E-state index is -3.70. The van der Waals surface area contributed by atoms with Gasteiger partial charge in [0.1, 0.15) is 11.1 Å². The standard InChI is InChI=1S/C20H24ClFN2O4S/c1-20(2,3)18-10-23-16-9-14(21)12(8-17(16)29(26,27)24-18)11-5-6-15(22)13(7-11)19(25)28-4/h5-7,9,17-18,23-24H,8,10H2,1-4H3/t17?,18-/m0/s1. The van der Waals surface area contributed by atoms with Gasteiger partial charge >= 0.3 is 5.97 Å². The molecule has 0 saturated carbocycles. The van der Waals surface area contributed by atoms with Gasteiger partial charge in [-0.3, -0.25) is 0 Å². The highest BCUT2D eigenvalue weighted by Gasteiger charge is 2.40. The molecule has 1 aliphatic carbocycles. The molecule has 1 heterocycles. The Kier molecular flexibility index (Phi) is 5.82. The Hall–Kier alpha value is -1.90. The van der Waals surface area contributed by atoms with E-state index in [2.05, 4.69) is 14.8 Å². The van der Waals surface area contributed by atoms with Crippen molar-refractivity contribution in [3.63, 3.8) is 0 Å². The first-order chi connectivity index (χ1) is 13.4. The fourth-order valence-corrected chi connectivity index (χ4v) is 5.58. The van der Waals surface area contributed by atoms with Gasteiger partial charge in [0, 0.05) is 23.3 Å². The smallest absolute Gasteiger partial charge is 0.340 e. The van der Waals surface area contributed by atoms with Gasteiger partial charge in [0.15, 0.2) is 0 Å². The third-order valence-corrected chi connectivity index (χ3v) is 7.38. The van der Waals surface area contributed by atoms with Gasteiger partial charge in [0.2, 0.25) is 10.0 Å². The first-order valence-corrected chi connectivity index (χ1v) is 11.1. The predicted molar refractivity (Wildman–Crippen MR) is 110 cm³/mol. The summed E-state index contributed by atoms with van der Waals surface area (Å²) in [5.41, 5.74) is 1.00. The van der Waals surface area contributed by atoms with E-state index in [-0.39, 0.29) is 23.4 Å². The molecule has 6 nitrogen and oxygen atoms in total. The number of allylic oxidation sites excluding steroid dienone is 3. The SMILES string of the molecule is COC(=O)c1cc(C2=C(Cl)C=C3NC[C@@H](C(C)(C)C)NS(=O)(=O)C3C2)ccc1F. The summed E-state index contributed by atoms with van der Waals surface area (Å²) in [7, 11) is -2.53. The number of nitrogens with one attached hydrogen (secondary N) is 2. The number of fused-ring (bicyclic) bond motifs is 1. The minimum Gasteiger partial charge on any atom is -0.465 e. The number of carbonyl (C=O) groups is 1. The first-order valence-electron chi connectivity index (χ1n) is 9.17. The quantitative estimate of drug-likeness (QED) is 0.687. The highest BCUT2D eigenvalue weighted by atomic mass is 35.5. The number of methoxy groups -OCH3 is 1. The van der Waals surface area contributed by atoms with Crippen LogP contribution in [0, 0.1) is 11.2 Å². The molecule has 1 aromatic carbocycles. The van der Waals surface area contributed by atoms with Crippen LogP contribution < -0.4 is 10.0 Å². The fraction of sp³-hybridized carbons (Fsp3) is 0.450. The van der Waals surface area contributed by atoms with Gasteiger partial charge in [0.05, 0.1) is 12.7 Å². The topological polar surface area (TPSA) is 84.5 Å². The van der Waals surface area contributed by atoms with Crippen LogP contribution in [0.1, 0.15) is 43.1 Å². The molecule has 29 heavy (non-hydrogen) atoms. The van der Waals surface area contributed by atoms with E-state index in [1.54, 1.807) is 6.08 Å². The maximum Gasteiger partial charge on any atom is 0.340 e. The van der Waals surface area contributed by atoms with Crippen molar-refractivity contribution in [2.45, 2.75) is 38.5 Å². The van der Waals surface area contributed by atoms with E-state index in [9.17, 15) is 17.6 Å². The summed E-state index contributed by atoms with van der Waals surface area (Å²) in [5.74, 6) is -1.53. The van der Waals surface area contributed by atoms with Crippen LogP contribution in [-0.4, -0.2) is 39.3 Å². The Morgan fingerprint density at radius 1 is 1.31 bits per heavy atom. The minimum absolute atomic E-state index is 0.0934. The van der Waals surface area contributed by atoms with E-state index in [0.29, 0.717) is 28.4 Å². The van der Waals surface area contributed by atoms with Gasteiger partial charge in [-0.15, -0.1) is 0 Å². The Balaban J connectivity index is 2.01. The van der Waals surface area contributed by atoms with Crippen molar-refractivity contribution in [3.8, 4) is 0 Å². The van der Waals surface area contributed by atoms with E-state index >= 15 is 0 Å². The van der Waals surface area contributed by atoms with Gasteiger partial charge in [0.25, 0.3) is 0 Å². The number of esters is 1. The predicted octanol–water partition coefficient (Wildman–Crippen LogP) is 3.16. The highest BCUT2D eigenvalue weighted by molar-refractivity contribution is 7.90. The maximum atomic E-state index is 14.0. The Labute approximate surface area is 175 Å². The average molecular weight is 443 g/mol. The van der Waals surface area contributed by atoms with Gasteiger partial charge < -0.3 is 10.1 Å². The summed E-state index contributed by atoms with van der Waals surface area (Å²) < 4.78 is 47.5. The summed E-state index contributed by atoms with van der Waals surface area (Å²) in [6, 6.07) is 3.66. The van der Waals surface area contributed by atoms with Crippen LogP contribution in [0.15, 0.2) is 35.0 Å². The normalized spacial score (nSPS) is 24.1. The van der Waals surface area contributed by atoms with Crippen LogP contribution in [0.4, 0.5) is 4.39 Å². The third kappa shape index (κ3) is 4.34. The first kappa shape index (κ1) is 21.8. The van der Waals surface area contributed by atoms with E-state index in [4.69, 9.17) is 11.6 Å². The highest BCUT2D eigenvalue weighted by Crippen LogP contribution is 2.37. The molecular formula is C20H24ClFN2O4S. The number of carbonyl (C=O) groups excluding carboxylic acids is 1. The molecule has 1 saturated heterocycles. The molecule has 9 heteroatoms. The summed E-state index contributed by atoms with van der Waals surface area (Å²) in [5, 5.41) is 2.69. The molecule has 2 atom stereocenters. The number of hydrogen-bond donors (Lipinski definition) is 2. The monoisotopic (exact) mass is 442 g/mol. The zero-order chi connectivity index (χ0) is 21.6. The van der Waals surface area contributed by atoms with E-state index < -0.39 is 27.1 Å². The molecule has 3 rings (SSSR count). The Morgan fingerprint density at radius 3 is 2.62 bits per heavy atom. The molecule has 158 valence electrons. The molecule has 0 radical (unpaired) electrons. The molecule has 0 aromatic heterocycles. The maximum absolute atomic E-state index is 14.0. The zero-order valence-corrected chi connectivity index (χ0v) is 18.2. The number of hydrogen-bond acceptors (Lipinski definition) is 5. The summed E-state index contributed by atoms with van der Waals surface area (Å²) in [6.07, 6.45) is 1.69. The number of benzene rings is 1.